The highest BCUT2D eigenvalue weighted by atomic mass is 32.2. The van der Waals surface area contributed by atoms with Crippen molar-refractivity contribution in [3.8, 4) is 0 Å². The lowest BCUT2D eigenvalue weighted by atomic mass is 10.0. The van der Waals surface area contributed by atoms with Crippen LogP contribution in [-0.2, 0) is 7.05 Å². The van der Waals surface area contributed by atoms with Crippen LogP contribution < -0.4 is 5.73 Å². The number of nitrogen functional groups attached to an aromatic ring is 1. The molecule has 0 aliphatic carbocycles. The van der Waals surface area contributed by atoms with Crippen LogP contribution in [0, 0.1) is 0 Å². The molecule has 0 fully saturated rings. The van der Waals surface area contributed by atoms with Gasteiger partial charge < -0.3 is 5.73 Å². The van der Waals surface area contributed by atoms with Crippen LogP contribution >= 0.6 is 11.8 Å². The number of aromatic nitrogens is 3. The quantitative estimate of drug-likeness (QED) is 0.812. The molecule has 1 atom stereocenters. The monoisotopic (exact) mass is 232 g/mol. The molecule has 1 aliphatic heterocycles. The molecule has 0 radical (unpaired) electrons. The second-order valence-corrected chi connectivity index (χ2v) is 4.92. The molecule has 2 heterocycles. The third kappa shape index (κ3) is 1.39. The number of fused-ring (bicyclic) bond motifs is 1. The van der Waals surface area contributed by atoms with Crippen LogP contribution in [0.1, 0.15) is 17.3 Å². The van der Waals surface area contributed by atoms with Gasteiger partial charge in [0.1, 0.15) is 0 Å². The van der Waals surface area contributed by atoms with E-state index in [0.717, 1.165) is 11.6 Å². The minimum absolute atomic E-state index is 0.282. The second-order valence-electron chi connectivity index (χ2n) is 3.85. The number of hydrogen-bond acceptors (Lipinski definition) is 4. The first kappa shape index (κ1) is 9.72. The van der Waals surface area contributed by atoms with Gasteiger partial charge >= 0.3 is 0 Å². The van der Waals surface area contributed by atoms with Crippen LogP contribution in [-0.4, -0.2) is 20.5 Å². The summed E-state index contributed by atoms with van der Waals surface area (Å²) in [7, 11) is 1.82. The third-order valence-electron chi connectivity index (χ3n) is 2.82. The van der Waals surface area contributed by atoms with E-state index in [1.54, 1.807) is 4.68 Å². The van der Waals surface area contributed by atoms with E-state index in [9.17, 15) is 0 Å². The Morgan fingerprint density at radius 3 is 3.00 bits per heavy atom. The van der Waals surface area contributed by atoms with Crippen molar-refractivity contribution in [3.63, 3.8) is 0 Å². The lowest BCUT2D eigenvalue weighted by Crippen LogP contribution is -2.02. The SMILES string of the molecule is Cn1nc(C2CSc3ccccc32)nc1N. The van der Waals surface area contributed by atoms with Crippen LogP contribution in [0.3, 0.4) is 0 Å². The van der Waals surface area contributed by atoms with Crippen molar-refractivity contribution in [1.29, 1.82) is 0 Å². The van der Waals surface area contributed by atoms with Gasteiger partial charge in [-0.15, -0.1) is 11.8 Å². The van der Waals surface area contributed by atoms with Gasteiger partial charge in [0.05, 0.1) is 5.92 Å². The molecule has 1 unspecified atom stereocenters. The molecule has 0 saturated heterocycles. The predicted octanol–water partition coefficient (Wildman–Crippen LogP) is 1.63. The second kappa shape index (κ2) is 3.52. The van der Waals surface area contributed by atoms with E-state index in [1.807, 2.05) is 18.8 Å². The smallest absolute Gasteiger partial charge is 0.218 e. The molecule has 5 heteroatoms. The lowest BCUT2D eigenvalue weighted by molar-refractivity contribution is 0.733. The highest BCUT2D eigenvalue weighted by Crippen LogP contribution is 2.41. The van der Waals surface area contributed by atoms with Crippen molar-refractivity contribution in [1.82, 2.24) is 14.8 Å². The summed E-state index contributed by atoms with van der Waals surface area (Å²) >= 11 is 1.86. The first-order chi connectivity index (χ1) is 7.75. The minimum Gasteiger partial charge on any atom is -0.368 e. The number of rotatable bonds is 1. The van der Waals surface area contributed by atoms with Gasteiger partial charge in [-0.2, -0.15) is 10.1 Å². The number of aryl methyl sites for hydroxylation is 1. The molecule has 0 saturated carbocycles. The number of thioether (sulfide) groups is 1. The fourth-order valence-corrected chi connectivity index (χ4v) is 3.17. The van der Waals surface area contributed by atoms with Crippen LogP contribution in [0.5, 0.6) is 0 Å². The van der Waals surface area contributed by atoms with E-state index in [-0.39, 0.29) is 5.92 Å². The van der Waals surface area contributed by atoms with E-state index in [1.165, 1.54) is 10.5 Å². The molecule has 4 nitrogen and oxygen atoms in total. The van der Waals surface area contributed by atoms with Crippen LogP contribution in [0.2, 0.25) is 0 Å². The summed E-state index contributed by atoms with van der Waals surface area (Å²) < 4.78 is 1.63. The largest absolute Gasteiger partial charge is 0.368 e. The standard InChI is InChI=1S/C11H12N4S/c1-15-11(12)13-10(14-15)8-6-16-9-5-3-2-4-7(8)9/h2-5,8H,6H2,1H3,(H2,12,13,14). The highest BCUT2D eigenvalue weighted by molar-refractivity contribution is 7.99. The van der Waals surface area contributed by atoms with Crippen molar-refractivity contribution >= 4 is 17.7 Å². The van der Waals surface area contributed by atoms with Crippen molar-refractivity contribution in [2.24, 2.45) is 7.05 Å². The number of anilines is 1. The zero-order chi connectivity index (χ0) is 11.1. The summed E-state index contributed by atoms with van der Waals surface area (Å²) in [5, 5.41) is 4.36. The lowest BCUT2D eigenvalue weighted by Gasteiger charge is -2.04. The minimum atomic E-state index is 0.282. The zero-order valence-corrected chi connectivity index (χ0v) is 9.74. The van der Waals surface area contributed by atoms with Crippen LogP contribution in [0.25, 0.3) is 0 Å². The maximum Gasteiger partial charge on any atom is 0.218 e. The van der Waals surface area contributed by atoms with Crippen molar-refractivity contribution in [2.45, 2.75) is 10.8 Å². The maximum atomic E-state index is 5.71. The van der Waals surface area contributed by atoms with Crippen LogP contribution in [0.15, 0.2) is 29.2 Å². The van der Waals surface area contributed by atoms with E-state index in [0.29, 0.717) is 5.95 Å². The Kier molecular flexibility index (Phi) is 2.14. The number of hydrogen-bond donors (Lipinski definition) is 1. The molecule has 3 rings (SSSR count). The molecule has 0 spiro atoms. The van der Waals surface area contributed by atoms with Gasteiger partial charge in [0, 0.05) is 17.7 Å². The van der Waals surface area contributed by atoms with Gasteiger partial charge in [-0.25, -0.2) is 4.68 Å². The Labute approximate surface area is 97.9 Å². The molecular formula is C11H12N4S. The van der Waals surface area contributed by atoms with E-state index >= 15 is 0 Å². The van der Waals surface area contributed by atoms with E-state index < -0.39 is 0 Å². The topological polar surface area (TPSA) is 56.7 Å². The first-order valence-corrected chi connectivity index (χ1v) is 6.12. The van der Waals surface area contributed by atoms with Crippen LogP contribution in [0.4, 0.5) is 5.95 Å². The highest BCUT2D eigenvalue weighted by Gasteiger charge is 2.27. The summed E-state index contributed by atoms with van der Waals surface area (Å²) in [6.07, 6.45) is 0. The van der Waals surface area contributed by atoms with Gasteiger partial charge in [-0.05, 0) is 11.6 Å². The third-order valence-corrected chi connectivity index (χ3v) is 4.01. The van der Waals surface area contributed by atoms with Crippen molar-refractivity contribution in [2.75, 3.05) is 11.5 Å². The van der Waals surface area contributed by atoms with Crippen molar-refractivity contribution < 1.29 is 0 Å². The van der Waals surface area contributed by atoms with Gasteiger partial charge in [0.15, 0.2) is 5.82 Å². The molecule has 0 amide bonds. The Hall–Kier alpha value is -1.49. The number of nitrogens with zero attached hydrogens (tertiary/aromatic N) is 3. The molecule has 16 heavy (non-hydrogen) atoms. The molecule has 0 bridgehead atoms. The summed E-state index contributed by atoms with van der Waals surface area (Å²) in [5.74, 6) is 2.59. The Morgan fingerprint density at radius 2 is 2.25 bits per heavy atom. The summed E-state index contributed by atoms with van der Waals surface area (Å²) in [4.78, 5) is 5.64. The van der Waals surface area contributed by atoms with Gasteiger partial charge in [0.2, 0.25) is 5.95 Å². The van der Waals surface area contributed by atoms with Gasteiger partial charge in [-0.3, -0.25) is 0 Å². The van der Waals surface area contributed by atoms with Crippen molar-refractivity contribution in [3.05, 3.63) is 35.7 Å². The maximum absolute atomic E-state index is 5.71. The molecule has 2 N–H and O–H groups in total. The zero-order valence-electron chi connectivity index (χ0n) is 8.92. The summed E-state index contributed by atoms with van der Waals surface area (Å²) in [6, 6.07) is 8.41. The molecule has 1 aromatic carbocycles. The molecule has 1 aromatic heterocycles. The fraction of sp³-hybridized carbons (Fsp3) is 0.273. The van der Waals surface area contributed by atoms with E-state index in [2.05, 4.69) is 34.3 Å². The molecule has 82 valence electrons. The summed E-state index contributed by atoms with van der Waals surface area (Å²) in [6.45, 7) is 0. The average Bonchev–Trinajstić information content (AvgIpc) is 2.83. The molecule has 2 aromatic rings. The normalized spacial score (nSPS) is 18.7. The van der Waals surface area contributed by atoms with Gasteiger partial charge in [0.25, 0.3) is 0 Å². The van der Waals surface area contributed by atoms with E-state index in [4.69, 9.17) is 5.73 Å². The number of nitrogens with two attached hydrogens (primary N) is 1. The first-order valence-electron chi connectivity index (χ1n) is 5.14. The number of benzene rings is 1. The fourth-order valence-electron chi connectivity index (χ4n) is 1.94. The average molecular weight is 232 g/mol. The molecule has 1 aliphatic rings. The molecular weight excluding hydrogens is 220 g/mol. The Morgan fingerprint density at radius 1 is 1.44 bits per heavy atom. The predicted molar refractivity (Wildman–Crippen MR) is 64.4 cm³/mol. The Bertz CT molecular complexity index is 515. The Balaban J connectivity index is 2.04. The van der Waals surface area contributed by atoms with Gasteiger partial charge in [-0.1, -0.05) is 18.2 Å². The summed E-state index contributed by atoms with van der Waals surface area (Å²) in [5.41, 5.74) is 7.03.